The minimum absolute atomic E-state index is 0.0660. The molecule has 1 aromatic carbocycles. The summed E-state index contributed by atoms with van der Waals surface area (Å²) in [5.41, 5.74) is 6.25. The van der Waals surface area contributed by atoms with Crippen molar-refractivity contribution in [2.75, 3.05) is 12.3 Å². The van der Waals surface area contributed by atoms with Crippen molar-refractivity contribution in [1.29, 1.82) is 0 Å². The number of carbonyl (C=O) groups is 1. The fourth-order valence-electron chi connectivity index (χ4n) is 1.19. The Kier molecular flexibility index (Phi) is 4.42. The van der Waals surface area contributed by atoms with Crippen LogP contribution in [0.25, 0.3) is 0 Å². The number of benzene rings is 1. The Bertz CT molecular complexity index is 416. The molecule has 0 aliphatic carbocycles. The summed E-state index contributed by atoms with van der Waals surface area (Å²) in [6.07, 6.45) is 0. The number of rotatable bonds is 3. The molecule has 5 heteroatoms. The van der Waals surface area contributed by atoms with Crippen molar-refractivity contribution in [2.24, 2.45) is 0 Å². The first kappa shape index (κ1) is 14.3. The maximum atomic E-state index is 11.9. The molecule has 1 aromatic rings. The molecular weight excluding hydrogens is 259 g/mol. The van der Waals surface area contributed by atoms with Crippen molar-refractivity contribution in [3.63, 3.8) is 0 Å². The van der Waals surface area contributed by atoms with E-state index in [0.29, 0.717) is 21.3 Å². The molecule has 0 fully saturated rings. The minimum Gasteiger partial charge on any atom is -0.396 e. The summed E-state index contributed by atoms with van der Waals surface area (Å²) in [6.45, 7) is 6.20. The topological polar surface area (TPSA) is 55.1 Å². The molecule has 0 heterocycles. The molecule has 0 unspecified atom stereocenters. The van der Waals surface area contributed by atoms with Crippen LogP contribution in [0.5, 0.6) is 0 Å². The van der Waals surface area contributed by atoms with Crippen LogP contribution in [-0.2, 0) is 0 Å². The van der Waals surface area contributed by atoms with Crippen LogP contribution in [0.2, 0.25) is 10.0 Å². The number of Topliss-reactive ketones (excluding diaryl/α,β-unsaturated/α-hetero) is 1. The summed E-state index contributed by atoms with van der Waals surface area (Å²) in [7, 11) is 0. The van der Waals surface area contributed by atoms with Crippen LogP contribution < -0.4 is 11.1 Å². The highest BCUT2D eigenvalue weighted by molar-refractivity contribution is 6.39. The SMILES string of the molecule is CC(C)(C)NCC(=O)c1cc(Cl)c(N)c(Cl)c1. The molecule has 3 N–H and O–H groups in total. The molecule has 3 nitrogen and oxygen atoms in total. The van der Waals surface area contributed by atoms with Crippen LogP contribution in [0.15, 0.2) is 12.1 Å². The molecule has 0 aliphatic rings. The van der Waals surface area contributed by atoms with Crippen LogP contribution in [0.1, 0.15) is 31.1 Å². The van der Waals surface area contributed by atoms with E-state index < -0.39 is 0 Å². The maximum Gasteiger partial charge on any atom is 0.176 e. The zero-order valence-electron chi connectivity index (χ0n) is 10.1. The lowest BCUT2D eigenvalue weighted by atomic mass is 10.1. The fourth-order valence-corrected chi connectivity index (χ4v) is 1.68. The smallest absolute Gasteiger partial charge is 0.176 e. The number of nitrogens with one attached hydrogen (secondary N) is 1. The van der Waals surface area contributed by atoms with E-state index in [1.54, 1.807) is 0 Å². The van der Waals surface area contributed by atoms with Crippen LogP contribution >= 0.6 is 23.2 Å². The highest BCUT2D eigenvalue weighted by atomic mass is 35.5. The molecule has 0 saturated heterocycles. The predicted molar refractivity (Wildman–Crippen MR) is 73.0 cm³/mol. The normalized spacial score (nSPS) is 11.6. The average molecular weight is 275 g/mol. The summed E-state index contributed by atoms with van der Waals surface area (Å²) in [4.78, 5) is 11.9. The predicted octanol–water partition coefficient (Wildman–Crippen LogP) is 3.15. The second-order valence-electron chi connectivity index (χ2n) is 4.88. The Labute approximate surface area is 111 Å². The van der Waals surface area contributed by atoms with Gasteiger partial charge < -0.3 is 11.1 Å². The lowest BCUT2D eigenvalue weighted by molar-refractivity contribution is 0.0982. The van der Waals surface area contributed by atoms with E-state index in [-0.39, 0.29) is 17.9 Å². The van der Waals surface area contributed by atoms with E-state index >= 15 is 0 Å². The third-order valence-corrected chi connectivity index (χ3v) is 2.81. The minimum atomic E-state index is -0.114. The van der Waals surface area contributed by atoms with E-state index in [1.807, 2.05) is 20.8 Å². The van der Waals surface area contributed by atoms with Crippen molar-refractivity contribution in [2.45, 2.75) is 26.3 Å². The Balaban J connectivity index is 2.84. The number of nitrogens with two attached hydrogens (primary N) is 1. The third kappa shape index (κ3) is 4.19. The second-order valence-corrected chi connectivity index (χ2v) is 5.69. The number of ketones is 1. The van der Waals surface area contributed by atoms with Crippen LogP contribution in [-0.4, -0.2) is 17.9 Å². The Morgan fingerprint density at radius 2 is 1.76 bits per heavy atom. The first-order valence-electron chi connectivity index (χ1n) is 5.23. The van der Waals surface area contributed by atoms with Gasteiger partial charge in [-0.2, -0.15) is 0 Å². The van der Waals surface area contributed by atoms with Crippen LogP contribution in [0.4, 0.5) is 5.69 Å². The fraction of sp³-hybridized carbons (Fsp3) is 0.417. The highest BCUT2D eigenvalue weighted by Gasteiger charge is 2.14. The maximum absolute atomic E-state index is 11.9. The monoisotopic (exact) mass is 274 g/mol. The molecule has 0 aromatic heterocycles. The number of hydrogen-bond donors (Lipinski definition) is 2. The first-order valence-corrected chi connectivity index (χ1v) is 5.99. The zero-order chi connectivity index (χ0) is 13.2. The first-order chi connectivity index (χ1) is 7.70. The van der Waals surface area contributed by atoms with Crippen LogP contribution in [0, 0.1) is 0 Å². The van der Waals surface area contributed by atoms with Crippen molar-refractivity contribution >= 4 is 34.7 Å². The second kappa shape index (κ2) is 5.25. The molecule has 0 atom stereocenters. The molecule has 0 saturated carbocycles. The Hall–Kier alpha value is -0.770. The lowest BCUT2D eigenvalue weighted by Crippen LogP contribution is -2.39. The van der Waals surface area contributed by atoms with E-state index in [1.165, 1.54) is 12.1 Å². The average Bonchev–Trinajstić information content (AvgIpc) is 2.20. The molecule has 0 radical (unpaired) electrons. The van der Waals surface area contributed by atoms with Gasteiger partial charge in [-0.1, -0.05) is 23.2 Å². The van der Waals surface area contributed by atoms with E-state index in [2.05, 4.69) is 5.32 Å². The molecule has 0 amide bonds. The summed E-state index contributed by atoms with van der Waals surface area (Å²) < 4.78 is 0. The molecular formula is C12H16Cl2N2O. The summed E-state index contributed by atoms with van der Waals surface area (Å²) in [5, 5.41) is 3.71. The summed E-state index contributed by atoms with van der Waals surface area (Å²) in [5.74, 6) is -0.0660. The zero-order valence-corrected chi connectivity index (χ0v) is 11.6. The molecule has 17 heavy (non-hydrogen) atoms. The number of hydrogen-bond acceptors (Lipinski definition) is 3. The number of nitrogen functional groups attached to an aromatic ring is 1. The third-order valence-electron chi connectivity index (χ3n) is 2.18. The van der Waals surface area contributed by atoms with Gasteiger partial charge in [0.05, 0.1) is 22.3 Å². The quantitative estimate of drug-likeness (QED) is 0.658. The number of halogens is 2. The van der Waals surface area contributed by atoms with Gasteiger partial charge in [0.25, 0.3) is 0 Å². The van der Waals surface area contributed by atoms with Gasteiger partial charge in [0.15, 0.2) is 5.78 Å². The molecule has 1 rings (SSSR count). The molecule has 0 aliphatic heterocycles. The molecule has 0 bridgehead atoms. The van der Waals surface area contributed by atoms with Gasteiger partial charge in [0, 0.05) is 11.1 Å². The van der Waals surface area contributed by atoms with Gasteiger partial charge in [0.1, 0.15) is 0 Å². The van der Waals surface area contributed by atoms with E-state index in [0.717, 1.165) is 0 Å². The van der Waals surface area contributed by atoms with Crippen molar-refractivity contribution in [3.05, 3.63) is 27.7 Å². The van der Waals surface area contributed by atoms with Gasteiger partial charge in [-0.25, -0.2) is 0 Å². The summed E-state index contributed by atoms with van der Waals surface area (Å²) >= 11 is 11.7. The van der Waals surface area contributed by atoms with E-state index in [9.17, 15) is 4.79 Å². The van der Waals surface area contributed by atoms with Gasteiger partial charge in [-0.3, -0.25) is 4.79 Å². The highest BCUT2D eigenvalue weighted by Crippen LogP contribution is 2.28. The van der Waals surface area contributed by atoms with Crippen molar-refractivity contribution < 1.29 is 4.79 Å². The van der Waals surface area contributed by atoms with Gasteiger partial charge in [0.2, 0.25) is 0 Å². The van der Waals surface area contributed by atoms with Gasteiger partial charge in [-0.15, -0.1) is 0 Å². The molecule has 94 valence electrons. The lowest BCUT2D eigenvalue weighted by Gasteiger charge is -2.19. The number of anilines is 1. The Morgan fingerprint density at radius 1 is 1.29 bits per heavy atom. The largest absolute Gasteiger partial charge is 0.396 e. The molecule has 0 spiro atoms. The van der Waals surface area contributed by atoms with Crippen molar-refractivity contribution in [3.8, 4) is 0 Å². The Morgan fingerprint density at radius 3 is 2.18 bits per heavy atom. The standard InChI is InChI=1S/C12H16Cl2N2O/c1-12(2,3)16-6-10(17)7-4-8(13)11(15)9(14)5-7/h4-5,16H,6,15H2,1-3H3. The van der Waals surface area contributed by atoms with Crippen molar-refractivity contribution in [1.82, 2.24) is 5.32 Å². The van der Waals surface area contributed by atoms with Crippen LogP contribution in [0.3, 0.4) is 0 Å². The van der Waals surface area contributed by atoms with E-state index in [4.69, 9.17) is 28.9 Å². The number of carbonyl (C=O) groups excluding carboxylic acids is 1. The van der Waals surface area contributed by atoms with Gasteiger partial charge in [-0.05, 0) is 32.9 Å². The summed E-state index contributed by atoms with van der Waals surface area (Å²) in [6, 6.07) is 3.07. The van der Waals surface area contributed by atoms with Gasteiger partial charge >= 0.3 is 0 Å².